The lowest BCUT2D eigenvalue weighted by atomic mass is 9.83. The van der Waals surface area contributed by atoms with Crippen molar-refractivity contribution < 1.29 is 32.3 Å². The molecule has 1 aliphatic heterocycles. The molecule has 0 saturated carbocycles. The second kappa shape index (κ2) is 7.90. The maximum absolute atomic E-state index is 12.9. The molecule has 0 unspecified atom stereocenters. The Morgan fingerprint density at radius 3 is 2.35 bits per heavy atom. The highest BCUT2D eigenvalue weighted by atomic mass is 35.5. The van der Waals surface area contributed by atoms with Gasteiger partial charge in [-0.15, -0.1) is 0 Å². The fourth-order valence-corrected chi connectivity index (χ4v) is 5.69. The van der Waals surface area contributed by atoms with Gasteiger partial charge >= 0.3 is 5.97 Å². The fraction of sp³-hybridized carbons (Fsp3) is 0.238. The minimum absolute atomic E-state index is 0.00164. The van der Waals surface area contributed by atoms with Crippen LogP contribution in [0.1, 0.15) is 48.6 Å². The smallest absolute Gasteiger partial charge is 0.340 e. The molecule has 1 N–H and O–H groups in total. The van der Waals surface area contributed by atoms with Gasteiger partial charge in [0, 0.05) is 22.7 Å². The Labute approximate surface area is 182 Å². The van der Waals surface area contributed by atoms with Crippen molar-refractivity contribution in [2.75, 3.05) is 18.1 Å². The maximum atomic E-state index is 12.9. The second-order valence-corrected chi connectivity index (χ2v) is 9.90. The van der Waals surface area contributed by atoms with Crippen LogP contribution < -0.4 is 5.32 Å². The molecule has 0 spiro atoms. The Morgan fingerprint density at radius 2 is 1.71 bits per heavy atom. The number of carbonyl (C=O) groups is 4. The Morgan fingerprint density at radius 1 is 1.03 bits per heavy atom. The second-order valence-electron chi connectivity index (χ2n) is 7.30. The highest BCUT2D eigenvalue weighted by Crippen LogP contribution is 2.34. The minimum Gasteiger partial charge on any atom is -0.452 e. The van der Waals surface area contributed by atoms with E-state index in [2.05, 4.69) is 5.32 Å². The summed E-state index contributed by atoms with van der Waals surface area (Å²) in [5.74, 6) is -2.60. The van der Waals surface area contributed by atoms with Crippen molar-refractivity contribution in [1.29, 1.82) is 0 Å². The quantitative estimate of drug-likeness (QED) is 0.585. The summed E-state index contributed by atoms with van der Waals surface area (Å²) in [6.45, 7) is -0.640. The Balaban J connectivity index is 1.49. The molecule has 2 aliphatic rings. The molecule has 0 bridgehead atoms. The molecule has 10 heteroatoms. The summed E-state index contributed by atoms with van der Waals surface area (Å²) in [5.41, 5.74) is 0.304. The van der Waals surface area contributed by atoms with Gasteiger partial charge in [0.1, 0.15) is 0 Å². The zero-order chi connectivity index (χ0) is 22.3. The molecular formula is C21H16ClNO7S. The third kappa shape index (κ3) is 3.98. The average molecular weight is 462 g/mol. The standard InChI is InChI=1S/C21H16ClNO7S/c22-18-15(21(27)30-9-16(24)23-11-7-8-31(28,29)10-11)6-5-14-17(18)20(26)13-4-2-1-3-12(13)19(14)25/h1-6,11H,7-10H2,(H,23,24)/t11-/m1/s1. The molecule has 0 aromatic heterocycles. The van der Waals surface area contributed by atoms with Crippen LogP contribution in [0.3, 0.4) is 0 Å². The first kappa shape index (κ1) is 21.2. The summed E-state index contributed by atoms with van der Waals surface area (Å²) in [5, 5.41) is 2.28. The molecular weight excluding hydrogens is 446 g/mol. The largest absolute Gasteiger partial charge is 0.452 e. The molecule has 0 radical (unpaired) electrons. The number of hydrogen-bond acceptors (Lipinski definition) is 7. The number of benzene rings is 2. The average Bonchev–Trinajstić information content (AvgIpc) is 3.08. The van der Waals surface area contributed by atoms with Crippen molar-refractivity contribution in [2.45, 2.75) is 12.5 Å². The predicted octanol–water partition coefficient (Wildman–Crippen LogP) is 1.58. The van der Waals surface area contributed by atoms with Crippen molar-refractivity contribution in [3.63, 3.8) is 0 Å². The number of rotatable bonds is 4. The summed E-state index contributed by atoms with van der Waals surface area (Å²) < 4.78 is 27.9. The van der Waals surface area contributed by atoms with Gasteiger partial charge in [0.05, 0.1) is 27.7 Å². The molecule has 1 amide bonds. The third-order valence-electron chi connectivity index (χ3n) is 5.18. The van der Waals surface area contributed by atoms with E-state index < -0.39 is 40.1 Å². The number of halogens is 1. The van der Waals surface area contributed by atoms with E-state index in [0.29, 0.717) is 6.42 Å². The van der Waals surface area contributed by atoms with E-state index in [4.69, 9.17) is 16.3 Å². The molecule has 31 heavy (non-hydrogen) atoms. The van der Waals surface area contributed by atoms with Crippen molar-refractivity contribution in [3.8, 4) is 0 Å². The highest BCUT2D eigenvalue weighted by molar-refractivity contribution is 7.91. The number of esters is 1. The van der Waals surface area contributed by atoms with Crippen molar-refractivity contribution in [2.24, 2.45) is 0 Å². The number of nitrogens with one attached hydrogen (secondary N) is 1. The zero-order valence-corrected chi connectivity index (χ0v) is 17.6. The molecule has 2 aromatic carbocycles. The van der Waals surface area contributed by atoms with Crippen molar-refractivity contribution in [1.82, 2.24) is 5.32 Å². The van der Waals surface area contributed by atoms with Crippen LogP contribution in [0.15, 0.2) is 36.4 Å². The Kier molecular flexibility index (Phi) is 5.40. The lowest BCUT2D eigenvalue weighted by molar-refractivity contribution is -0.124. The number of amides is 1. The Bertz CT molecular complexity index is 1250. The number of ether oxygens (including phenoxy) is 1. The molecule has 1 fully saturated rings. The van der Waals surface area contributed by atoms with E-state index in [1.54, 1.807) is 18.2 Å². The minimum atomic E-state index is -3.16. The van der Waals surface area contributed by atoms with Gasteiger partial charge in [0.25, 0.3) is 5.91 Å². The number of sulfone groups is 1. The van der Waals surface area contributed by atoms with Crippen molar-refractivity contribution >= 4 is 44.9 Å². The van der Waals surface area contributed by atoms with Gasteiger partial charge in [0.2, 0.25) is 0 Å². The predicted molar refractivity (Wildman–Crippen MR) is 110 cm³/mol. The molecule has 4 rings (SSSR count). The topological polar surface area (TPSA) is 124 Å². The van der Waals surface area contributed by atoms with Crippen LogP contribution in [0, 0.1) is 0 Å². The van der Waals surface area contributed by atoms with E-state index >= 15 is 0 Å². The van der Waals surface area contributed by atoms with E-state index in [-0.39, 0.29) is 50.1 Å². The van der Waals surface area contributed by atoms with Gasteiger partial charge in [-0.3, -0.25) is 14.4 Å². The SMILES string of the molecule is O=C(COC(=O)c1ccc2c(c1Cl)C(=O)c1ccccc1C2=O)N[C@@H]1CCS(=O)(=O)C1. The molecule has 1 heterocycles. The fourth-order valence-electron chi connectivity index (χ4n) is 3.69. The maximum Gasteiger partial charge on any atom is 0.340 e. The summed E-state index contributed by atoms with van der Waals surface area (Å²) in [6, 6.07) is 8.40. The summed E-state index contributed by atoms with van der Waals surface area (Å²) in [4.78, 5) is 50.0. The van der Waals surface area contributed by atoms with E-state index in [1.165, 1.54) is 18.2 Å². The van der Waals surface area contributed by atoms with Gasteiger partial charge in [-0.2, -0.15) is 0 Å². The first-order chi connectivity index (χ1) is 14.7. The first-order valence-corrected chi connectivity index (χ1v) is 11.6. The molecule has 2 aromatic rings. The monoisotopic (exact) mass is 461 g/mol. The number of hydrogen-bond donors (Lipinski definition) is 1. The summed E-state index contributed by atoms with van der Waals surface area (Å²) in [6.07, 6.45) is 0.302. The number of fused-ring (bicyclic) bond motifs is 2. The molecule has 1 atom stereocenters. The number of ketones is 2. The highest BCUT2D eigenvalue weighted by Gasteiger charge is 2.33. The normalized spacial score (nSPS) is 18.8. The van der Waals surface area contributed by atoms with Gasteiger partial charge in [-0.25, -0.2) is 13.2 Å². The molecule has 160 valence electrons. The lowest BCUT2D eigenvalue weighted by Crippen LogP contribution is -2.38. The van der Waals surface area contributed by atoms with Gasteiger partial charge in [-0.1, -0.05) is 35.9 Å². The summed E-state index contributed by atoms with van der Waals surface area (Å²) >= 11 is 6.29. The lowest BCUT2D eigenvalue weighted by Gasteiger charge is -2.19. The van der Waals surface area contributed by atoms with E-state index in [1.807, 2.05) is 0 Å². The van der Waals surface area contributed by atoms with Crippen LogP contribution in [0.2, 0.25) is 5.02 Å². The molecule has 1 aliphatic carbocycles. The summed E-state index contributed by atoms with van der Waals surface area (Å²) in [7, 11) is -3.16. The van der Waals surface area contributed by atoms with Crippen LogP contribution in [0.25, 0.3) is 0 Å². The van der Waals surface area contributed by atoms with Crippen LogP contribution >= 0.6 is 11.6 Å². The van der Waals surface area contributed by atoms with E-state index in [9.17, 15) is 27.6 Å². The van der Waals surface area contributed by atoms with Crippen LogP contribution in [0.4, 0.5) is 0 Å². The van der Waals surface area contributed by atoms with Crippen LogP contribution in [-0.2, 0) is 19.4 Å². The van der Waals surface area contributed by atoms with E-state index in [0.717, 1.165) is 0 Å². The molecule has 8 nitrogen and oxygen atoms in total. The molecule has 1 saturated heterocycles. The van der Waals surface area contributed by atoms with Gasteiger partial charge in [0.15, 0.2) is 28.0 Å². The van der Waals surface area contributed by atoms with Crippen molar-refractivity contribution in [3.05, 3.63) is 69.2 Å². The number of carbonyl (C=O) groups excluding carboxylic acids is 4. The zero-order valence-electron chi connectivity index (χ0n) is 16.0. The van der Waals surface area contributed by atoms with Gasteiger partial charge < -0.3 is 10.1 Å². The third-order valence-corrected chi connectivity index (χ3v) is 7.34. The first-order valence-electron chi connectivity index (χ1n) is 9.36. The van der Waals surface area contributed by atoms with Gasteiger partial charge in [-0.05, 0) is 18.6 Å². The van der Waals surface area contributed by atoms with Crippen LogP contribution in [0.5, 0.6) is 0 Å². The van der Waals surface area contributed by atoms with Crippen LogP contribution in [-0.4, -0.2) is 56.0 Å². The Hall–Kier alpha value is -3.04.